The summed E-state index contributed by atoms with van der Waals surface area (Å²) >= 11 is 12.3. The summed E-state index contributed by atoms with van der Waals surface area (Å²) in [5.41, 5.74) is 0.777. The second-order valence-electron chi connectivity index (χ2n) is 7.09. The van der Waals surface area contributed by atoms with Crippen molar-refractivity contribution >= 4 is 40.7 Å². The number of Topliss-reactive ketones (excluding diaryl/α,β-unsaturated/α-hetero) is 1. The summed E-state index contributed by atoms with van der Waals surface area (Å²) in [5.74, 6) is -1.02. The zero-order valence-corrected chi connectivity index (χ0v) is 19.0. The smallest absolute Gasteiger partial charge is 0.295 e. The van der Waals surface area contributed by atoms with E-state index in [9.17, 15) is 14.7 Å². The number of carbonyl (C=O) groups excluding carboxylic acids is 2. The molecule has 1 fully saturated rings. The van der Waals surface area contributed by atoms with Crippen LogP contribution in [0.3, 0.4) is 0 Å². The number of halogens is 2. The van der Waals surface area contributed by atoms with Crippen molar-refractivity contribution in [1.29, 1.82) is 0 Å². The second kappa shape index (κ2) is 9.62. The standard InChI is InChI=1S/C23H23Cl2NO5/c1-4-5-10-26-19(13-6-8-15(30-2)9-7-13)18(21(28)23(26)29)20(27)16-11-14(24)12-17(25)22(16)31-3/h6-9,11-12,19,27H,4-5,10H2,1-3H3/b20-18+. The largest absolute Gasteiger partial charge is 0.507 e. The van der Waals surface area contributed by atoms with Crippen LogP contribution in [0.15, 0.2) is 42.0 Å². The first-order chi connectivity index (χ1) is 14.8. The first-order valence-electron chi connectivity index (χ1n) is 9.79. The number of carbonyl (C=O) groups is 2. The van der Waals surface area contributed by atoms with Crippen LogP contribution >= 0.6 is 23.2 Å². The van der Waals surface area contributed by atoms with Crippen LogP contribution in [0.5, 0.6) is 11.5 Å². The molecule has 0 bridgehead atoms. The zero-order valence-electron chi connectivity index (χ0n) is 17.4. The average Bonchev–Trinajstić information content (AvgIpc) is 3.01. The van der Waals surface area contributed by atoms with Crippen molar-refractivity contribution in [3.05, 3.63) is 63.1 Å². The monoisotopic (exact) mass is 463 g/mol. The normalized spacial score (nSPS) is 17.8. The third-order valence-corrected chi connectivity index (χ3v) is 5.69. The van der Waals surface area contributed by atoms with E-state index in [2.05, 4.69) is 0 Å². The van der Waals surface area contributed by atoms with E-state index in [1.165, 1.54) is 24.1 Å². The molecule has 1 N–H and O–H groups in total. The Morgan fingerprint density at radius 3 is 2.35 bits per heavy atom. The van der Waals surface area contributed by atoms with Gasteiger partial charge in [-0.3, -0.25) is 9.59 Å². The molecule has 3 rings (SSSR count). The topological polar surface area (TPSA) is 76.1 Å². The minimum atomic E-state index is -0.771. The fraction of sp³-hybridized carbons (Fsp3) is 0.304. The number of hydrogen-bond acceptors (Lipinski definition) is 5. The van der Waals surface area contributed by atoms with Crippen LogP contribution in [0.2, 0.25) is 10.0 Å². The lowest BCUT2D eigenvalue weighted by molar-refractivity contribution is -0.139. The molecule has 1 heterocycles. The number of unbranched alkanes of at least 4 members (excludes halogenated alkanes) is 1. The summed E-state index contributed by atoms with van der Waals surface area (Å²) in [4.78, 5) is 27.4. The molecule has 1 atom stereocenters. The molecule has 164 valence electrons. The number of ketones is 1. The predicted molar refractivity (Wildman–Crippen MR) is 120 cm³/mol. The molecule has 2 aromatic rings. The Morgan fingerprint density at radius 1 is 1.10 bits per heavy atom. The van der Waals surface area contributed by atoms with E-state index < -0.39 is 17.7 Å². The van der Waals surface area contributed by atoms with Gasteiger partial charge < -0.3 is 19.5 Å². The van der Waals surface area contributed by atoms with Crippen LogP contribution in [0, 0.1) is 0 Å². The van der Waals surface area contributed by atoms with E-state index in [0.717, 1.165) is 6.42 Å². The molecule has 1 aliphatic heterocycles. The van der Waals surface area contributed by atoms with Crippen LogP contribution < -0.4 is 9.47 Å². The Kier molecular flexibility index (Phi) is 7.13. The molecule has 1 amide bonds. The number of nitrogens with zero attached hydrogens (tertiary/aromatic N) is 1. The van der Waals surface area contributed by atoms with Crippen molar-refractivity contribution < 1.29 is 24.2 Å². The van der Waals surface area contributed by atoms with E-state index in [-0.39, 0.29) is 32.7 Å². The number of aliphatic hydroxyl groups excluding tert-OH is 1. The van der Waals surface area contributed by atoms with Gasteiger partial charge in [-0.25, -0.2) is 0 Å². The van der Waals surface area contributed by atoms with Crippen LogP contribution in [0.1, 0.15) is 36.9 Å². The zero-order chi connectivity index (χ0) is 22.7. The molecule has 1 saturated heterocycles. The molecular weight excluding hydrogens is 441 g/mol. The highest BCUT2D eigenvalue weighted by molar-refractivity contribution is 6.46. The molecule has 0 radical (unpaired) electrons. The average molecular weight is 464 g/mol. The highest BCUT2D eigenvalue weighted by atomic mass is 35.5. The summed E-state index contributed by atoms with van der Waals surface area (Å²) in [5, 5.41) is 11.6. The highest BCUT2D eigenvalue weighted by Crippen LogP contribution is 2.43. The number of methoxy groups -OCH3 is 2. The minimum absolute atomic E-state index is 0.0390. The Labute approximate surface area is 191 Å². The molecule has 0 aliphatic carbocycles. The van der Waals surface area contributed by atoms with Crippen LogP contribution in [0.25, 0.3) is 5.76 Å². The van der Waals surface area contributed by atoms with E-state index in [4.69, 9.17) is 32.7 Å². The summed E-state index contributed by atoms with van der Waals surface area (Å²) in [6.07, 6.45) is 1.56. The van der Waals surface area contributed by atoms with E-state index in [1.807, 2.05) is 6.92 Å². The first-order valence-corrected chi connectivity index (χ1v) is 10.5. The van der Waals surface area contributed by atoms with E-state index >= 15 is 0 Å². The van der Waals surface area contributed by atoms with Gasteiger partial charge in [-0.05, 0) is 36.2 Å². The Balaban J connectivity index is 2.24. The van der Waals surface area contributed by atoms with Gasteiger partial charge in [-0.1, -0.05) is 48.7 Å². The molecule has 1 aliphatic rings. The van der Waals surface area contributed by atoms with E-state index in [0.29, 0.717) is 24.3 Å². The van der Waals surface area contributed by atoms with Gasteiger partial charge in [-0.2, -0.15) is 0 Å². The maximum Gasteiger partial charge on any atom is 0.295 e. The van der Waals surface area contributed by atoms with Crippen molar-refractivity contribution in [2.75, 3.05) is 20.8 Å². The van der Waals surface area contributed by atoms with Crippen molar-refractivity contribution in [1.82, 2.24) is 4.90 Å². The molecular formula is C23H23Cl2NO5. The van der Waals surface area contributed by atoms with Crippen LogP contribution in [-0.2, 0) is 9.59 Å². The maximum atomic E-state index is 13.0. The van der Waals surface area contributed by atoms with E-state index in [1.54, 1.807) is 31.4 Å². The van der Waals surface area contributed by atoms with Crippen molar-refractivity contribution in [2.45, 2.75) is 25.8 Å². The van der Waals surface area contributed by atoms with Gasteiger partial charge in [0, 0.05) is 11.6 Å². The number of amides is 1. The molecule has 8 heteroatoms. The first kappa shape index (κ1) is 23.0. The second-order valence-corrected chi connectivity index (χ2v) is 7.93. The fourth-order valence-corrected chi connectivity index (χ4v) is 4.23. The molecule has 0 spiro atoms. The van der Waals surface area contributed by atoms with Gasteiger partial charge in [0.25, 0.3) is 11.7 Å². The van der Waals surface area contributed by atoms with Crippen molar-refractivity contribution in [3.8, 4) is 11.5 Å². The Bertz CT molecular complexity index is 1030. The van der Waals surface area contributed by atoms with Gasteiger partial charge in [0.2, 0.25) is 0 Å². The molecule has 1 unspecified atom stereocenters. The quantitative estimate of drug-likeness (QED) is 0.345. The fourth-order valence-electron chi connectivity index (χ4n) is 3.66. The van der Waals surface area contributed by atoms with Crippen LogP contribution in [0.4, 0.5) is 0 Å². The highest BCUT2D eigenvalue weighted by Gasteiger charge is 2.46. The number of ether oxygens (including phenoxy) is 2. The number of rotatable bonds is 7. The van der Waals surface area contributed by atoms with Gasteiger partial charge >= 0.3 is 0 Å². The van der Waals surface area contributed by atoms with Gasteiger partial charge in [0.05, 0.1) is 36.4 Å². The predicted octanol–water partition coefficient (Wildman–Crippen LogP) is 5.23. The SMILES string of the molecule is CCCCN1C(=O)C(=O)/C(=C(/O)c2cc(Cl)cc(Cl)c2OC)C1c1ccc(OC)cc1. The van der Waals surface area contributed by atoms with Gasteiger partial charge in [-0.15, -0.1) is 0 Å². The third kappa shape index (κ3) is 4.36. The van der Waals surface area contributed by atoms with Gasteiger partial charge in [0.15, 0.2) is 0 Å². The molecule has 2 aromatic carbocycles. The molecule has 31 heavy (non-hydrogen) atoms. The van der Waals surface area contributed by atoms with Crippen LogP contribution in [-0.4, -0.2) is 42.5 Å². The lowest BCUT2D eigenvalue weighted by Crippen LogP contribution is -2.30. The minimum Gasteiger partial charge on any atom is -0.507 e. The molecule has 0 saturated carbocycles. The van der Waals surface area contributed by atoms with Crippen molar-refractivity contribution in [3.63, 3.8) is 0 Å². The lowest BCUT2D eigenvalue weighted by atomic mass is 9.95. The number of benzene rings is 2. The summed E-state index contributed by atoms with van der Waals surface area (Å²) in [6.45, 7) is 2.37. The Hall–Kier alpha value is -2.70. The molecule has 6 nitrogen and oxygen atoms in total. The van der Waals surface area contributed by atoms with Gasteiger partial charge in [0.1, 0.15) is 17.3 Å². The summed E-state index contributed by atoms with van der Waals surface area (Å²) in [6, 6.07) is 9.18. The number of aliphatic hydroxyl groups is 1. The summed E-state index contributed by atoms with van der Waals surface area (Å²) in [7, 11) is 2.95. The number of likely N-dealkylation sites (tertiary alicyclic amines) is 1. The third-order valence-electron chi connectivity index (χ3n) is 5.19. The number of hydrogen-bond donors (Lipinski definition) is 1. The summed E-state index contributed by atoms with van der Waals surface area (Å²) < 4.78 is 10.5. The Morgan fingerprint density at radius 2 is 1.77 bits per heavy atom. The molecule has 0 aromatic heterocycles. The lowest BCUT2D eigenvalue weighted by Gasteiger charge is -2.25. The maximum absolute atomic E-state index is 13.0. The van der Waals surface area contributed by atoms with Crippen molar-refractivity contribution in [2.24, 2.45) is 0 Å².